The quantitative estimate of drug-likeness (QED) is 0.560. The van der Waals surface area contributed by atoms with Crippen molar-refractivity contribution in [2.75, 3.05) is 5.75 Å². The predicted octanol–water partition coefficient (Wildman–Crippen LogP) is 5.59. The Morgan fingerprint density at radius 2 is 1.44 bits per heavy atom. The van der Waals surface area contributed by atoms with Crippen molar-refractivity contribution in [2.24, 2.45) is 0 Å². The molecule has 7 heteroatoms. The van der Waals surface area contributed by atoms with Crippen LogP contribution in [0.5, 0.6) is 0 Å². The first kappa shape index (κ1) is 21.1. The van der Waals surface area contributed by atoms with E-state index in [2.05, 4.69) is 0 Å². The molecule has 27 heavy (non-hydrogen) atoms. The van der Waals surface area contributed by atoms with Gasteiger partial charge in [-0.25, -0.2) is 4.39 Å². The van der Waals surface area contributed by atoms with Crippen LogP contribution < -0.4 is 0 Å². The molecule has 0 aliphatic heterocycles. The summed E-state index contributed by atoms with van der Waals surface area (Å²) in [5.41, 5.74) is 1.75. The third kappa shape index (κ3) is 7.13. The zero-order chi connectivity index (χ0) is 19.7. The van der Waals surface area contributed by atoms with Crippen LogP contribution in [0.3, 0.4) is 0 Å². The van der Waals surface area contributed by atoms with Gasteiger partial charge in [0.1, 0.15) is 5.82 Å². The van der Waals surface area contributed by atoms with E-state index in [1.807, 2.05) is 48.5 Å². The molecule has 3 aromatic carbocycles. The molecule has 0 aliphatic rings. The number of benzene rings is 3. The second-order valence-corrected chi connectivity index (χ2v) is 7.76. The van der Waals surface area contributed by atoms with Crippen LogP contribution in [0.1, 0.15) is 5.56 Å². The fraction of sp³-hybridized carbons (Fsp3) is 0.100. The number of halogens is 2. The van der Waals surface area contributed by atoms with E-state index in [1.54, 1.807) is 24.3 Å². The monoisotopic (exact) mass is 408 g/mol. The second-order valence-electron chi connectivity index (χ2n) is 5.56. The lowest BCUT2D eigenvalue weighted by molar-refractivity contribution is 0.482. The number of rotatable bonds is 5. The lowest BCUT2D eigenvalue weighted by atomic mass is 9.98. The summed E-state index contributed by atoms with van der Waals surface area (Å²) in [6, 6.07) is 22.7. The molecular formula is C20H18F2O3S2. The summed E-state index contributed by atoms with van der Waals surface area (Å²) in [7, 11) is -4.10. The first-order valence-corrected chi connectivity index (χ1v) is 10.3. The summed E-state index contributed by atoms with van der Waals surface area (Å²) in [5.74, 6) is -0.960. The van der Waals surface area contributed by atoms with Crippen molar-refractivity contribution in [3.8, 4) is 11.1 Å². The van der Waals surface area contributed by atoms with Crippen LogP contribution >= 0.6 is 12.1 Å². The van der Waals surface area contributed by atoms with Gasteiger partial charge in [0.15, 0.2) is 0 Å². The molecule has 3 rings (SSSR count). The van der Waals surface area contributed by atoms with Gasteiger partial charge in [0.2, 0.25) is 0 Å². The second kappa shape index (κ2) is 10.2. The highest BCUT2D eigenvalue weighted by Gasteiger charge is 2.13. The standard InChI is InChI=1S/C14H13FO3S.C6H5FS/c15-14-8-4-7-12(11-5-2-1-3-6-11)13(14)9-10-19(16,17)18;7-8-6-4-2-1-3-5-6/h1-8H,9-10H2,(H,16,17,18);1-5H. The van der Waals surface area contributed by atoms with Crippen LogP contribution in [0.25, 0.3) is 11.1 Å². The number of hydrogen-bond donors (Lipinski definition) is 1. The van der Waals surface area contributed by atoms with Gasteiger partial charge in [-0.15, -0.1) is 0 Å². The van der Waals surface area contributed by atoms with E-state index < -0.39 is 21.7 Å². The molecule has 0 atom stereocenters. The Balaban J connectivity index is 0.000000273. The molecule has 0 amide bonds. The summed E-state index contributed by atoms with van der Waals surface area (Å²) in [6.07, 6.45) is -0.0598. The van der Waals surface area contributed by atoms with E-state index in [4.69, 9.17) is 4.55 Å². The molecule has 0 saturated carbocycles. The molecule has 0 aliphatic carbocycles. The van der Waals surface area contributed by atoms with Gasteiger partial charge in [0.25, 0.3) is 10.1 Å². The Morgan fingerprint density at radius 3 is 1.96 bits per heavy atom. The molecule has 3 aromatic rings. The van der Waals surface area contributed by atoms with Gasteiger partial charge < -0.3 is 0 Å². The summed E-state index contributed by atoms with van der Waals surface area (Å²) >= 11 is 0.269. The van der Waals surface area contributed by atoms with Crippen LogP contribution in [-0.4, -0.2) is 18.7 Å². The highest BCUT2D eigenvalue weighted by molar-refractivity contribution is 7.94. The molecule has 0 fully saturated rings. The van der Waals surface area contributed by atoms with E-state index in [9.17, 15) is 16.7 Å². The molecule has 1 N–H and O–H groups in total. The van der Waals surface area contributed by atoms with Crippen LogP contribution in [0, 0.1) is 5.82 Å². The van der Waals surface area contributed by atoms with Crippen LogP contribution in [-0.2, 0) is 16.5 Å². The molecule has 0 unspecified atom stereocenters. The Bertz CT molecular complexity index is 947. The molecule has 0 saturated heterocycles. The topological polar surface area (TPSA) is 54.4 Å². The molecule has 142 valence electrons. The predicted molar refractivity (Wildman–Crippen MR) is 105 cm³/mol. The van der Waals surface area contributed by atoms with Crippen molar-refractivity contribution in [1.29, 1.82) is 0 Å². The molecule has 0 bridgehead atoms. The largest absolute Gasteiger partial charge is 0.286 e. The van der Waals surface area contributed by atoms with Gasteiger partial charge >= 0.3 is 0 Å². The van der Waals surface area contributed by atoms with Gasteiger partial charge in [-0.05, 0) is 41.3 Å². The molecule has 0 heterocycles. The van der Waals surface area contributed by atoms with Crippen molar-refractivity contribution in [1.82, 2.24) is 0 Å². The molecule has 0 radical (unpaired) electrons. The van der Waals surface area contributed by atoms with Gasteiger partial charge in [-0.2, -0.15) is 12.3 Å². The summed E-state index contributed by atoms with van der Waals surface area (Å²) in [4.78, 5) is 0.660. The van der Waals surface area contributed by atoms with E-state index in [0.29, 0.717) is 16.0 Å². The first-order valence-electron chi connectivity index (χ1n) is 8.02. The molecule has 3 nitrogen and oxygen atoms in total. The Labute approximate surface area is 162 Å². The Kier molecular flexibility index (Phi) is 7.97. The van der Waals surface area contributed by atoms with Gasteiger partial charge in [-0.3, -0.25) is 4.55 Å². The lowest BCUT2D eigenvalue weighted by Crippen LogP contribution is -2.08. The maximum Gasteiger partial charge on any atom is 0.265 e. The summed E-state index contributed by atoms with van der Waals surface area (Å²) in [6.45, 7) is 0. The smallest absolute Gasteiger partial charge is 0.265 e. The maximum atomic E-state index is 13.8. The molecular weight excluding hydrogens is 390 g/mol. The maximum absolute atomic E-state index is 13.8. The van der Waals surface area contributed by atoms with Gasteiger partial charge in [0, 0.05) is 4.90 Å². The Hall–Kier alpha value is -2.22. The summed E-state index contributed by atoms with van der Waals surface area (Å²) < 4.78 is 55.9. The average molecular weight is 408 g/mol. The third-order valence-corrected chi connectivity index (χ3v) is 4.82. The molecule has 0 spiro atoms. The van der Waals surface area contributed by atoms with E-state index in [1.165, 1.54) is 6.07 Å². The van der Waals surface area contributed by atoms with E-state index >= 15 is 0 Å². The normalized spacial score (nSPS) is 10.8. The minimum Gasteiger partial charge on any atom is -0.286 e. The SMILES string of the molecule is FSc1ccccc1.O=S(=O)(O)CCc1c(F)cccc1-c1ccccc1. The van der Waals surface area contributed by atoms with E-state index in [0.717, 1.165) is 5.56 Å². The minimum absolute atomic E-state index is 0.0598. The number of hydrogen-bond acceptors (Lipinski definition) is 3. The fourth-order valence-electron chi connectivity index (χ4n) is 2.40. The third-order valence-electron chi connectivity index (χ3n) is 3.65. The van der Waals surface area contributed by atoms with Crippen LogP contribution in [0.4, 0.5) is 8.28 Å². The zero-order valence-electron chi connectivity index (χ0n) is 14.3. The van der Waals surface area contributed by atoms with Crippen LogP contribution in [0.2, 0.25) is 0 Å². The van der Waals surface area contributed by atoms with Crippen molar-refractivity contribution in [2.45, 2.75) is 11.3 Å². The van der Waals surface area contributed by atoms with Crippen LogP contribution in [0.15, 0.2) is 83.8 Å². The highest BCUT2D eigenvalue weighted by atomic mass is 32.2. The van der Waals surface area contributed by atoms with Crippen molar-refractivity contribution in [3.63, 3.8) is 0 Å². The summed E-state index contributed by atoms with van der Waals surface area (Å²) in [5, 5.41) is 0. The Morgan fingerprint density at radius 1 is 0.852 bits per heavy atom. The molecule has 0 aromatic heterocycles. The van der Waals surface area contributed by atoms with Crippen molar-refractivity contribution < 1.29 is 21.2 Å². The lowest BCUT2D eigenvalue weighted by Gasteiger charge is -2.10. The minimum atomic E-state index is -4.10. The average Bonchev–Trinajstić information content (AvgIpc) is 2.68. The van der Waals surface area contributed by atoms with Crippen molar-refractivity contribution >= 4 is 22.3 Å². The van der Waals surface area contributed by atoms with Crippen molar-refractivity contribution in [3.05, 3.63) is 90.2 Å². The van der Waals surface area contributed by atoms with Gasteiger partial charge in [-0.1, -0.05) is 60.7 Å². The highest BCUT2D eigenvalue weighted by Crippen LogP contribution is 2.26. The van der Waals surface area contributed by atoms with E-state index in [-0.39, 0.29) is 18.6 Å². The zero-order valence-corrected chi connectivity index (χ0v) is 15.9. The van der Waals surface area contributed by atoms with Gasteiger partial charge in [0.05, 0.1) is 17.9 Å². The fourth-order valence-corrected chi connectivity index (χ4v) is 3.13. The first-order chi connectivity index (χ1) is 12.9.